The predicted molar refractivity (Wildman–Crippen MR) is 119 cm³/mol. The molecule has 3 aromatic carbocycles. The number of halogens is 2. The standard InChI is InChI=1S/C22H20ClFN2O5S/c1-30-17-9-14(10-18(11-17)31-2)13-25-22(27)15-3-5-16(6-4-15)26-32(28,29)19-7-8-21(24)20(23)12-19/h3-12,26H,13H2,1-2H3,(H,25,27). The molecule has 7 nitrogen and oxygen atoms in total. The topological polar surface area (TPSA) is 93.7 Å². The summed E-state index contributed by atoms with van der Waals surface area (Å²) in [5.41, 5.74) is 1.36. The second-order valence-electron chi connectivity index (χ2n) is 6.66. The van der Waals surface area contributed by atoms with Crippen LogP contribution in [0.4, 0.5) is 10.1 Å². The number of carbonyl (C=O) groups excluding carboxylic acids is 1. The van der Waals surface area contributed by atoms with Crippen molar-refractivity contribution in [2.45, 2.75) is 11.4 Å². The van der Waals surface area contributed by atoms with E-state index in [2.05, 4.69) is 10.0 Å². The van der Waals surface area contributed by atoms with Crippen LogP contribution in [0.25, 0.3) is 0 Å². The molecule has 0 fully saturated rings. The van der Waals surface area contributed by atoms with Gasteiger partial charge in [-0.2, -0.15) is 0 Å². The molecule has 3 aromatic rings. The largest absolute Gasteiger partial charge is 0.497 e. The highest BCUT2D eigenvalue weighted by Crippen LogP contribution is 2.23. The Kier molecular flexibility index (Phi) is 7.22. The summed E-state index contributed by atoms with van der Waals surface area (Å²) in [6.45, 7) is 0.242. The van der Waals surface area contributed by atoms with Crippen LogP contribution in [0.3, 0.4) is 0 Å². The summed E-state index contributed by atoms with van der Waals surface area (Å²) in [5, 5.41) is 2.49. The van der Waals surface area contributed by atoms with Gasteiger partial charge in [0.25, 0.3) is 15.9 Å². The summed E-state index contributed by atoms with van der Waals surface area (Å²) in [6.07, 6.45) is 0. The van der Waals surface area contributed by atoms with Crippen LogP contribution in [-0.2, 0) is 16.6 Å². The Hall–Kier alpha value is -3.30. The molecule has 0 unspecified atom stereocenters. The molecule has 0 aliphatic heterocycles. The average Bonchev–Trinajstić information content (AvgIpc) is 2.79. The third kappa shape index (κ3) is 5.68. The van der Waals surface area contributed by atoms with Crippen LogP contribution in [0.1, 0.15) is 15.9 Å². The molecule has 0 saturated heterocycles. The first kappa shape index (κ1) is 23.4. The fraction of sp³-hybridized carbons (Fsp3) is 0.136. The third-order valence-electron chi connectivity index (χ3n) is 4.46. The van der Waals surface area contributed by atoms with E-state index < -0.39 is 15.8 Å². The summed E-state index contributed by atoms with van der Waals surface area (Å²) in [4.78, 5) is 12.3. The first-order chi connectivity index (χ1) is 15.2. The zero-order valence-electron chi connectivity index (χ0n) is 17.2. The van der Waals surface area contributed by atoms with E-state index in [1.54, 1.807) is 18.2 Å². The highest BCUT2D eigenvalue weighted by Gasteiger charge is 2.16. The number of amides is 1. The van der Waals surface area contributed by atoms with E-state index in [0.29, 0.717) is 17.1 Å². The number of rotatable bonds is 8. The van der Waals surface area contributed by atoms with Crippen LogP contribution < -0.4 is 19.5 Å². The molecule has 0 atom stereocenters. The quantitative estimate of drug-likeness (QED) is 0.505. The second-order valence-corrected chi connectivity index (χ2v) is 8.75. The van der Waals surface area contributed by atoms with Crippen LogP contribution in [-0.4, -0.2) is 28.5 Å². The smallest absolute Gasteiger partial charge is 0.261 e. The van der Waals surface area contributed by atoms with Gasteiger partial charge in [0, 0.05) is 23.9 Å². The molecular weight excluding hydrogens is 459 g/mol. The molecule has 0 aromatic heterocycles. The van der Waals surface area contributed by atoms with Gasteiger partial charge in [-0.15, -0.1) is 0 Å². The lowest BCUT2D eigenvalue weighted by molar-refractivity contribution is 0.0951. The Bertz CT molecular complexity index is 1210. The van der Waals surface area contributed by atoms with Gasteiger partial charge in [-0.25, -0.2) is 12.8 Å². The maximum absolute atomic E-state index is 13.3. The Balaban J connectivity index is 1.66. The second kappa shape index (κ2) is 9.88. The van der Waals surface area contributed by atoms with Crippen LogP contribution >= 0.6 is 11.6 Å². The van der Waals surface area contributed by atoms with Gasteiger partial charge in [-0.1, -0.05) is 11.6 Å². The monoisotopic (exact) mass is 478 g/mol. The van der Waals surface area contributed by atoms with Crippen LogP contribution in [0, 0.1) is 5.82 Å². The molecule has 1 amide bonds. The van der Waals surface area contributed by atoms with Crippen LogP contribution in [0.5, 0.6) is 11.5 Å². The minimum absolute atomic E-state index is 0.181. The fourth-order valence-corrected chi connectivity index (χ4v) is 4.13. The molecule has 32 heavy (non-hydrogen) atoms. The van der Waals surface area contributed by atoms with Crippen molar-refractivity contribution in [3.63, 3.8) is 0 Å². The third-order valence-corrected chi connectivity index (χ3v) is 6.13. The van der Waals surface area contributed by atoms with Crippen molar-refractivity contribution in [1.29, 1.82) is 0 Å². The number of hydrogen-bond acceptors (Lipinski definition) is 5. The number of benzene rings is 3. The maximum Gasteiger partial charge on any atom is 0.261 e. The first-order valence-corrected chi connectivity index (χ1v) is 11.2. The summed E-state index contributed by atoms with van der Waals surface area (Å²) in [7, 11) is -0.892. The van der Waals surface area contributed by atoms with E-state index in [1.807, 2.05) is 0 Å². The minimum Gasteiger partial charge on any atom is -0.497 e. The highest BCUT2D eigenvalue weighted by atomic mass is 35.5. The summed E-state index contributed by atoms with van der Waals surface area (Å²) >= 11 is 5.66. The van der Waals surface area contributed by atoms with Crippen molar-refractivity contribution >= 4 is 33.2 Å². The number of anilines is 1. The highest BCUT2D eigenvalue weighted by molar-refractivity contribution is 7.92. The van der Waals surface area contributed by atoms with Crippen molar-refractivity contribution in [2.75, 3.05) is 18.9 Å². The Morgan fingerprint density at radius 2 is 1.59 bits per heavy atom. The lowest BCUT2D eigenvalue weighted by atomic mass is 10.1. The van der Waals surface area contributed by atoms with Gasteiger partial charge < -0.3 is 14.8 Å². The summed E-state index contributed by atoms with van der Waals surface area (Å²) < 4.78 is 51.0. The van der Waals surface area contributed by atoms with Crippen molar-refractivity contribution in [2.24, 2.45) is 0 Å². The van der Waals surface area contributed by atoms with Gasteiger partial charge in [0.05, 0.1) is 24.1 Å². The molecular formula is C22H20ClFN2O5S. The number of hydrogen-bond donors (Lipinski definition) is 2. The van der Waals surface area contributed by atoms with E-state index in [9.17, 15) is 17.6 Å². The minimum atomic E-state index is -3.97. The van der Waals surface area contributed by atoms with E-state index in [0.717, 1.165) is 23.8 Å². The normalized spacial score (nSPS) is 11.0. The van der Waals surface area contributed by atoms with Crippen molar-refractivity contribution in [1.82, 2.24) is 5.32 Å². The molecule has 0 heterocycles. The van der Waals surface area contributed by atoms with Gasteiger partial charge in [0.1, 0.15) is 17.3 Å². The zero-order valence-corrected chi connectivity index (χ0v) is 18.8. The van der Waals surface area contributed by atoms with Gasteiger partial charge >= 0.3 is 0 Å². The summed E-state index contributed by atoms with van der Waals surface area (Å²) in [5.74, 6) is 0.153. The molecule has 10 heteroatoms. The Labute approximate surface area is 190 Å². The van der Waals surface area contributed by atoms with Crippen molar-refractivity contribution < 1.29 is 27.1 Å². The number of ether oxygens (including phenoxy) is 2. The molecule has 168 valence electrons. The number of carbonyl (C=O) groups is 1. The van der Waals surface area contributed by atoms with Gasteiger partial charge in [0.2, 0.25) is 0 Å². The van der Waals surface area contributed by atoms with Crippen LogP contribution in [0.15, 0.2) is 65.6 Å². The molecule has 0 saturated carbocycles. The van der Waals surface area contributed by atoms with Crippen molar-refractivity contribution in [3.8, 4) is 11.5 Å². The first-order valence-electron chi connectivity index (χ1n) is 9.30. The Morgan fingerprint density at radius 3 is 2.16 bits per heavy atom. The molecule has 3 rings (SSSR count). The van der Waals surface area contributed by atoms with E-state index in [1.165, 1.54) is 38.5 Å². The van der Waals surface area contributed by atoms with E-state index in [-0.39, 0.29) is 28.1 Å². The Morgan fingerprint density at radius 1 is 0.969 bits per heavy atom. The molecule has 0 aliphatic rings. The molecule has 0 radical (unpaired) electrons. The molecule has 2 N–H and O–H groups in total. The number of sulfonamides is 1. The maximum atomic E-state index is 13.3. The lowest BCUT2D eigenvalue weighted by Gasteiger charge is -2.11. The van der Waals surface area contributed by atoms with E-state index >= 15 is 0 Å². The number of methoxy groups -OCH3 is 2. The molecule has 0 aliphatic carbocycles. The average molecular weight is 479 g/mol. The summed E-state index contributed by atoms with van der Waals surface area (Å²) in [6, 6.07) is 14.3. The molecule has 0 bridgehead atoms. The van der Waals surface area contributed by atoms with Gasteiger partial charge in [0.15, 0.2) is 0 Å². The predicted octanol–water partition coefficient (Wildman–Crippen LogP) is 4.23. The van der Waals surface area contributed by atoms with Crippen LogP contribution in [0.2, 0.25) is 5.02 Å². The zero-order chi connectivity index (χ0) is 23.3. The fourth-order valence-electron chi connectivity index (χ4n) is 2.80. The van der Waals surface area contributed by atoms with Gasteiger partial charge in [-0.3, -0.25) is 9.52 Å². The molecule has 0 spiro atoms. The number of nitrogens with one attached hydrogen (secondary N) is 2. The lowest BCUT2D eigenvalue weighted by Crippen LogP contribution is -2.22. The van der Waals surface area contributed by atoms with Crippen molar-refractivity contribution in [3.05, 3.63) is 82.6 Å². The van der Waals surface area contributed by atoms with E-state index in [4.69, 9.17) is 21.1 Å². The SMILES string of the molecule is COc1cc(CNC(=O)c2ccc(NS(=O)(=O)c3ccc(F)c(Cl)c3)cc2)cc(OC)c1. The van der Waals surface area contributed by atoms with Gasteiger partial charge in [-0.05, 0) is 60.2 Å².